The number of rotatable bonds is 4. The van der Waals surface area contributed by atoms with Crippen LogP contribution in [0.1, 0.15) is 16.7 Å². The van der Waals surface area contributed by atoms with Crippen LogP contribution in [-0.4, -0.2) is 13.5 Å². The molecular formula is C20H16N2O3S2. The lowest BCUT2D eigenvalue weighted by Gasteiger charge is -2.06. The molecular weight excluding hydrogens is 380 g/mol. The molecule has 1 aliphatic rings. The summed E-state index contributed by atoms with van der Waals surface area (Å²) in [5.74, 6) is 0. The summed E-state index contributed by atoms with van der Waals surface area (Å²) >= 11 is 1.19. The van der Waals surface area contributed by atoms with Gasteiger partial charge in [0.05, 0.1) is 5.57 Å². The number of hydrogen-bond acceptors (Lipinski definition) is 6. The number of benzene rings is 2. The lowest BCUT2D eigenvalue weighted by molar-refractivity contribution is 0.340. The van der Waals surface area contributed by atoms with Crippen molar-refractivity contribution in [2.75, 3.05) is 0 Å². The maximum Gasteiger partial charge on any atom is 0.358 e. The average Bonchev–Trinajstić information content (AvgIpc) is 3.11. The molecule has 0 N–H and O–H groups in total. The molecule has 0 bridgehead atoms. The molecule has 0 atom stereocenters. The van der Waals surface area contributed by atoms with Crippen LogP contribution in [0.2, 0.25) is 0 Å². The van der Waals surface area contributed by atoms with Gasteiger partial charge in [-0.25, -0.2) is 0 Å². The number of aryl methyl sites for hydroxylation is 2. The highest BCUT2D eigenvalue weighted by atomic mass is 32.2. The lowest BCUT2D eigenvalue weighted by Crippen LogP contribution is -2.03. The molecule has 0 aliphatic carbocycles. The summed E-state index contributed by atoms with van der Waals surface area (Å²) in [5, 5.41) is 13.7. The molecule has 27 heavy (non-hydrogen) atoms. The zero-order valence-electron chi connectivity index (χ0n) is 14.7. The van der Waals surface area contributed by atoms with Crippen LogP contribution in [-0.2, 0) is 14.4 Å². The predicted octanol–water partition coefficient (Wildman–Crippen LogP) is 4.56. The second kappa shape index (κ2) is 7.82. The van der Waals surface area contributed by atoms with E-state index in [2.05, 4.69) is 11.2 Å². The monoisotopic (exact) mass is 396 g/mol. The number of thioether (sulfide) groups is 1. The summed E-state index contributed by atoms with van der Waals surface area (Å²) in [5.41, 5.74) is 3.14. The standard InChI is InChI=1S/C20H16N2O3S2/c1-14-6-5-8-16(12-14)27(23,24)25-22-20-11-10-19(26-20)18(13-21)17-9-4-3-7-15(17)2/h3-12H,1-2H3. The normalized spacial score (nSPS) is 17.0. The van der Waals surface area contributed by atoms with Gasteiger partial charge in [0.25, 0.3) is 0 Å². The highest BCUT2D eigenvalue weighted by molar-refractivity contribution is 8.18. The number of nitriles is 1. The van der Waals surface area contributed by atoms with Gasteiger partial charge in [0.1, 0.15) is 16.0 Å². The van der Waals surface area contributed by atoms with Crippen molar-refractivity contribution in [3.63, 3.8) is 0 Å². The number of nitrogens with zero attached hydrogens (tertiary/aromatic N) is 2. The van der Waals surface area contributed by atoms with Crippen LogP contribution in [0.5, 0.6) is 0 Å². The highest BCUT2D eigenvalue weighted by Crippen LogP contribution is 2.35. The van der Waals surface area contributed by atoms with E-state index in [0.717, 1.165) is 16.7 Å². The van der Waals surface area contributed by atoms with E-state index >= 15 is 0 Å². The van der Waals surface area contributed by atoms with Crippen LogP contribution in [0, 0.1) is 25.2 Å². The van der Waals surface area contributed by atoms with Gasteiger partial charge < -0.3 is 0 Å². The molecule has 5 nitrogen and oxygen atoms in total. The Hall–Kier alpha value is -2.82. The van der Waals surface area contributed by atoms with Gasteiger partial charge in [-0.05, 0) is 54.8 Å². The Morgan fingerprint density at radius 1 is 1.11 bits per heavy atom. The molecule has 0 saturated heterocycles. The van der Waals surface area contributed by atoms with Gasteiger partial charge in [-0.2, -0.15) is 13.7 Å². The quantitative estimate of drug-likeness (QED) is 0.559. The molecule has 2 aromatic carbocycles. The molecule has 0 spiro atoms. The van der Waals surface area contributed by atoms with Crippen molar-refractivity contribution < 1.29 is 12.7 Å². The third kappa shape index (κ3) is 4.30. The fourth-order valence-electron chi connectivity index (χ4n) is 2.51. The van der Waals surface area contributed by atoms with Crippen LogP contribution < -0.4 is 0 Å². The SMILES string of the molecule is Cc1cccc(S(=O)(=O)ON=C2C=CC(=C(C#N)c3ccccc3C)S2)c1. The number of oxime groups is 1. The number of allylic oxidation sites excluding steroid dienone is 2. The van der Waals surface area contributed by atoms with Crippen LogP contribution >= 0.6 is 11.8 Å². The minimum absolute atomic E-state index is 0.0483. The Morgan fingerprint density at radius 2 is 1.89 bits per heavy atom. The fraction of sp³-hybridized carbons (Fsp3) is 0.100. The first-order valence-corrected chi connectivity index (χ1v) is 10.3. The van der Waals surface area contributed by atoms with E-state index in [-0.39, 0.29) is 4.90 Å². The van der Waals surface area contributed by atoms with Crippen LogP contribution in [0.3, 0.4) is 0 Å². The summed E-state index contributed by atoms with van der Waals surface area (Å²) in [4.78, 5) is 0.745. The third-order valence-corrected chi connectivity index (χ3v) is 5.95. The molecule has 0 aromatic heterocycles. The molecule has 0 unspecified atom stereocenters. The molecule has 7 heteroatoms. The van der Waals surface area contributed by atoms with E-state index in [1.807, 2.05) is 31.2 Å². The Balaban J connectivity index is 1.83. The third-order valence-electron chi connectivity index (χ3n) is 3.87. The van der Waals surface area contributed by atoms with Gasteiger partial charge in [0.2, 0.25) is 0 Å². The Kier molecular flexibility index (Phi) is 5.49. The maximum absolute atomic E-state index is 12.3. The first-order chi connectivity index (χ1) is 12.9. The van der Waals surface area contributed by atoms with E-state index in [4.69, 9.17) is 4.28 Å². The van der Waals surface area contributed by atoms with E-state index < -0.39 is 10.1 Å². The summed E-state index contributed by atoms with van der Waals surface area (Å²) in [6.07, 6.45) is 3.36. The summed E-state index contributed by atoms with van der Waals surface area (Å²) in [6, 6.07) is 16.2. The minimum atomic E-state index is -3.99. The summed E-state index contributed by atoms with van der Waals surface area (Å²) in [7, 11) is -3.99. The molecule has 2 aromatic rings. The second-order valence-electron chi connectivity index (χ2n) is 5.88. The Labute approximate surface area is 162 Å². The van der Waals surface area contributed by atoms with Gasteiger partial charge in [-0.3, -0.25) is 4.28 Å². The van der Waals surface area contributed by atoms with E-state index in [9.17, 15) is 13.7 Å². The van der Waals surface area contributed by atoms with Gasteiger partial charge in [-0.15, -0.1) is 0 Å². The smallest absolute Gasteiger partial charge is 0.264 e. The van der Waals surface area contributed by atoms with Crippen molar-refractivity contribution in [2.45, 2.75) is 18.7 Å². The first kappa shape index (κ1) is 19.0. The van der Waals surface area contributed by atoms with Gasteiger partial charge in [-0.1, -0.05) is 53.3 Å². The first-order valence-electron chi connectivity index (χ1n) is 8.05. The average molecular weight is 396 g/mol. The summed E-state index contributed by atoms with van der Waals surface area (Å²) in [6.45, 7) is 3.73. The molecule has 0 saturated carbocycles. The van der Waals surface area contributed by atoms with E-state index in [1.54, 1.807) is 31.2 Å². The van der Waals surface area contributed by atoms with Gasteiger partial charge >= 0.3 is 10.1 Å². The van der Waals surface area contributed by atoms with Gasteiger partial charge in [0.15, 0.2) is 0 Å². The molecule has 3 rings (SSSR count). The molecule has 136 valence electrons. The highest BCUT2D eigenvalue weighted by Gasteiger charge is 2.19. The molecule has 0 fully saturated rings. The minimum Gasteiger partial charge on any atom is -0.264 e. The predicted molar refractivity (Wildman–Crippen MR) is 107 cm³/mol. The topological polar surface area (TPSA) is 79.5 Å². The van der Waals surface area contributed by atoms with Crippen molar-refractivity contribution in [2.24, 2.45) is 5.16 Å². The van der Waals surface area contributed by atoms with Crippen molar-refractivity contribution in [1.82, 2.24) is 0 Å². The molecule has 1 heterocycles. The zero-order valence-corrected chi connectivity index (χ0v) is 16.3. The van der Waals surface area contributed by atoms with Crippen molar-refractivity contribution in [3.8, 4) is 6.07 Å². The van der Waals surface area contributed by atoms with Crippen molar-refractivity contribution in [1.29, 1.82) is 5.26 Å². The van der Waals surface area contributed by atoms with Crippen molar-refractivity contribution in [3.05, 3.63) is 82.3 Å². The lowest BCUT2D eigenvalue weighted by atomic mass is 10.0. The molecule has 0 amide bonds. The maximum atomic E-state index is 12.3. The van der Waals surface area contributed by atoms with Crippen LogP contribution in [0.15, 0.2) is 75.6 Å². The van der Waals surface area contributed by atoms with Crippen LogP contribution in [0.4, 0.5) is 0 Å². The molecule has 0 radical (unpaired) electrons. The van der Waals surface area contributed by atoms with Gasteiger partial charge in [0, 0.05) is 4.91 Å². The second-order valence-corrected chi connectivity index (χ2v) is 8.47. The van der Waals surface area contributed by atoms with Crippen LogP contribution in [0.25, 0.3) is 5.57 Å². The molecule has 1 aliphatic heterocycles. The van der Waals surface area contributed by atoms with E-state index in [1.165, 1.54) is 23.9 Å². The Morgan fingerprint density at radius 3 is 2.59 bits per heavy atom. The summed E-state index contributed by atoms with van der Waals surface area (Å²) < 4.78 is 29.3. The number of hydrogen-bond donors (Lipinski definition) is 0. The largest absolute Gasteiger partial charge is 0.358 e. The van der Waals surface area contributed by atoms with E-state index in [0.29, 0.717) is 15.5 Å². The fourth-order valence-corrected chi connectivity index (χ4v) is 4.23. The zero-order chi connectivity index (χ0) is 19.4. The van der Waals surface area contributed by atoms with Crippen molar-refractivity contribution >= 4 is 32.5 Å². The Bertz CT molecular complexity index is 1120.